The van der Waals surface area contributed by atoms with Gasteiger partial charge in [-0.1, -0.05) is 30.3 Å². The Kier molecular flexibility index (Phi) is 8.05. The van der Waals surface area contributed by atoms with E-state index in [1.807, 2.05) is 51.1 Å². The van der Waals surface area contributed by atoms with Gasteiger partial charge in [-0.2, -0.15) is 0 Å². The number of carbonyl (C=O) groups is 3. The standard InChI is InChI=1S/C22H32N2O5/c1-22(2,3)29-21(28)23-15-17-9-11-24(12-10-17)19(25)14-18(20(26)27)13-16-7-5-4-6-8-16/h4-8,17-18H,9-15H2,1-3H3,(H,23,28)(H,26,27). The molecular weight excluding hydrogens is 372 g/mol. The summed E-state index contributed by atoms with van der Waals surface area (Å²) in [5, 5.41) is 12.3. The zero-order chi connectivity index (χ0) is 21.4. The molecule has 1 unspecified atom stereocenters. The van der Waals surface area contributed by atoms with Gasteiger partial charge in [0.15, 0.2) is 0 Å². The number of hydrogen-bond acceptors (Lipinski definition) is 4. The van der Waals surface area contributed by atoms with Crippen LogP contribution in [-0.2, 0) is 20.7 Å². The van der Waals surface area contributed by atoms with Gasteiger partial charge in [-0.25, -0.2) is 4.79 Å². The minimum absolute atomic E-state index is 0.00501. The van der Waals surface area contributed by atoms with Gasteiger partial charge in [-0.3, -0.25) is 9.59 Å². The van der Waals surface area contributed by atoms with Crippen molar-refractivity contribution in [1.29, 1.82) is 0 Å². The number of carboxylic acids is 1. The smallest absolute Gasteiger partial charge is 0.407 e. The maximum atomic E-state index is 12.6. The molecule has 0 aliphatic carbocycles. The lowest BCUT2D eigenvalue weighted by Crippen LogP contribution is -2.43. The molecular formula is C22H32N2O5. The highest BCUT2D eigenvalue weighted by Gasteiger charge is 2.28. The molecule has 0 radical (unpaired) electrons. The van der Waals surface area contributed by atoms with Crippen LogP contribution >= 0.6 is 0 Å². The Labute approximate surface area is 172 Å². The van der Waals surface area contributed by atoms with Crippen LogP contribution in [0, 0.1) is 11.8 Å². The maximum absolute atomic E-state index is 12.6. The summed E-state index contributed by atoms with van der Waals surface area (Å²) in [7, 11) is 0. The lowest BCUT2D eigenvalue weighted by atomic mass is 9.93. The van der Waals surface area contributed by atoms with Gasteiger partial charge in [-0.15, -0.1) is 0 Å². The molecule has 0 aromatic heterocycles. The summed E-state index contributed by atoms with van der Waals surface area (Å²) < 4.78 is 5.23. The largest absolute Gasteiger partial charge is 0.481 e. The molecule has 1 saturated heterocycles. The highest BCUT2D eigenvalue weighted by Crippen LogP contribution is 2.20. The number of ether oxygens (including phenoxy) is 1. The number of nitrogens with zero attached hydrogens (tertiary/aromatic N) is 1. The van der Waals surface area contributed by atoms with Gasteiger partial charge in [0.1, 0.15) is 5.60 Å². The summed E-state index contributed by atoms with van der Waals surface area (Å²) in [6.07, 6.45) is 1.47. The van der Waals surface area contributed by atoms with E-state index in [9.17, 15) is 19.5 Å². The van der Waals surface area contributed by atoms with Gasteiger partial charge in [0.05, 0.1) is 5.92 Å². The zero-order valence-electron chi connectivity index (χ0n) is 17.5. The molecule has 7 heteroatoms. The molecule has 0 saturated carbocycles. The minimum atomic E-state index is -0.946. The van der Waals surface area contributed by atoms with E-state index in [1.165, 1.54) is 0 Å². The predicted molar refractivity (Wildman–Crippen MR) is 109 cm³/mol. The van der Waals surface area contributed by atoms with E-state index in [2.05, 4.69) is 5.32 Å². The van der Waals surface area contributed by atoms with E-state index in [1.54, 1.807) is 4.90 Å². The number of carboxylic acid groups (broad SMARTS) is 1. The Balaban J connectivity index is 1.77. The van der Waals surface area contributed by atoms with Crippen LogP contribution in [0.4, 0.5) is 4.79 Å². The number of alkyl carbamates (subject to hydrolysis) is 1. The Bertz CT molecular complexity index is 691. The summed E-state index contributed by atoms with van der Waals surface area (Å²) in [6, 6.07) is 9.37. The molecule has 1 aliphatic heterocycles. The SMILES string of the molecule is CC(C)(C)OC(=O)NCC1CCN(C(=O)CC(Cc2ccccc2)C(=O)O)CC1. The number of aliphatic carboxylic acids is 1. The third-order valence-corrected chi connectivity index (χ3v) is 5.00. The fourth-order valence-corrected chi connectivity index (χ4v) is 3.41. The summed E-state index contributed by atoms with van der Waals surface area (Å²) in [5.74, 6) is -1.51. The van der Waals surface area contributed by atoms with E-state index in [0.717, 1.165) is 18.4 Å². The molecule has 1 atom stereocenters. The van der Waals surface area contributed by atoms with Crippen molar-refractivity contribution in [3.05, 3.63) is 35.9 Å². The Morgan fingerprint density at radius 3 is 2.34 bits per heavy atom. The van der Waals surface area contributed by atoms with Crippen LogP contribution in [0.15, 0.2) is 30.3 Å². The molecule has 0 spiro atoms. The third kappa shape index (κ3) is 8.13. The van der Waals surface area contributed by atoms with E-state index in [4.69, 9.17) is 4.74 Å². The molecule has 7 nitrogen and oxygen atoms in total. The second-order valence-corrected chi connectivity index (χ2v) is 8.64. The van der Waals surface area contributed by atoms with Gasteiger partial charge in [0.25, 0.3) is 0 Å². The Morgan fingerprint density at radius 1 is 1.17 bits per heavy atom. The molecule has 2 N–H and O–H groups in total. The van der Waals surface area contributed by atoms with Crippen molar-refractivity contribution in [2.45, 2.75) is 52.1 Å². The molecule has 1 aliphatic rings. The van der Waals surface area contributed by atoms with Gasteiger partial charge < -0.3 is 20.1 Å². The quantitative estimate of drug-likeness (QED) is 0.728. The van der Waals surface area contributed by atoms with Crippen molar-refractivity contribution in [3.63, 3.8) is 0 Å². The van der Waals surface area contributed by atoms with Crippen LogP contribution in [0.5, 0.6) is 0 Å². The van der Waals surface area contributed by atoms with Crippen LogP contribution < -0.4 is 5.32 Å². The predicted octanol–water partition coefficient (Wildman–Crippen LogP) is 3.08. The van der Waals surface area contributed by atoms with E-state index < -0.39 is 23.6 Å². The van der Waals surface area contributed by atoms with Crippen molar-refractivity contribution in [2.75, 3.05) is 19.6 Å². The Hall–Kier alpha value is -2.57. The molecule has 1 aromatic rings. The second kappa shape index (κ2) is 10.3. The average Bonchev–Trinajstić information content (AvgIpc) is 2.65. The monoisotopic (exact) mass is 404 g/mol. The molecule has 1 aromatic carbocycles. The Morgan fingerprint density at radius 2 is 1.79 bits per heavy atom. The van der Waals surface area contributed by atoms with Crippen LogP contribution in [0.1, 0.15) is 45.6 Å². The summed E-state index contributed by atoms with van der Waals surface area (Å²) in [4.78, 5) is 37.7. The fourth-order valence-electron chi connectivity index (χ4n) is 3.41. The first-order valence-electron chi connectivity index (χ1n) is 10.2. The molecule has 0 bridgehead atoms. The lowest BCUT2D eigenvalue weighted by molar-refractivity contribution is -0.146. The number of hydrogen-bond donors (Lipinski definition) is 2. The van der Waals surface area contributed by atoms with Crippen molar-refractivity contribution < 1.29 is 24.2 Å². The highest BCUT2D eigenvalue weighted by atomic mass is 16.6. The zero-order valence-corrected chi connectivity index (χ0v) is 17.5. The average molecular weight is 405 g/mol. The van der Waals surface area contributed by atoms with Crippen molar-refractivity contribution in [3.8, 4) is 0 Å². The van der Waals surface area contributed by atoms with E-state index in [0.29, 0.717) is 26.1 Å². The normalized spacial score (nSPS) is 16.2. The first-order chi connectivity index (χ1) is 13.6. The van der Waals surface area contributed by atoms with Gasteiger partial charge in [0, 0.05) is 26.1 Å². The highest BCUT2D eigenvalue weighted by molar-refractivity contribution is 5.82. The molecule has 2 rings (SSSR count). The first kappa shape index (κ1) is 22.7. The van der Waals surface area contributed by atoms with Gasteiger partial charge in [0.2, 0.25) is 5.91 Å². The van der Waals surface area contributed by atoms with E-state index in [-0.39, 0.29) is 18.2 Å². The van der Waals surface area contributed by atoms with Gasteiger partial charge >= 0.3 is 12.1 Å². The lowest BCUT2D eigenvalue weighted by Gasteiger charge is -2.33. The number of carbonyl (C=O) groups excluding carboxylic acids is 2. The number of benzene rings is 1. The van der Waals surface area contributed by atoms with Crippen molar-refractivity contribution >= 4 is 18.0 Å². The van der Waals surface area contributed by atoms with E-state index >= 15 is 0 Å². The molecule has 160 valence electrons. The third-order valence-electron chi connectivity index (χ3n) is 5.00. The van der Waals surface area contributed by atoms with Crippen LogP contribution in [0.25, 0.3) is 0 Å². The number of piperidine rings is 1. The number of amides is 2. The van der Waals surface area contributed by atoms with Gasteiger partial charge in [-0.05, 0) is 51.5 Å². The van der Waals surface area contributed by atoms with Crippen LogP contribution in [0.3, 0.4) is 0 Å². The topological polar surface area (TPSA) is 95.9 Å². The maximum Gasteiger partial charge on any atom is 0.407 e. The van der Waals surface area contributed by atoms with Crippen LogP contribution in [-0.4, -0.2) is 53.2 Å². The van der Waals surface area contributed by atoms with Crippen molar-refractivity contribution in [1.82, 2.24) is 10.2 Å². The molecule has 2 amide bonds. The molecule has 29 heavy (non-hydrogen) atoms. The number of nitrogens with one attached hydrogen (secondary N) is 1. The first-order valence-corrected chi connectivity index (χ1v) is 10.2. The van der Waals surface area contributed by atoms with Crippen molar-refractivity contribution in [2.24, 2.45) is 11.8 Å². The number of rotatable bonds is 7. The minimum Gasteiger partial charge on any atom is -0.481 e. The molecule has 1 heterocycles. The number of likely N-dealkylation sites (tertiary alicyclic amines) is 1. The summed E-state index contributed by atoms with van der Waals surface area (Å²) in [5.41, 5.74) is 0.389. The fraction of sp³-hybridized carbons (Fsp3) is 0.591. The summed E-state index contributed by atoms with van der Waals surface area (Å²) in [6.45, 7) is 7.13. The second-order valence-electron chi connectivity index (χ2n) is 8.64. The summed E-state index contributed by atoms with van der Waals surface area (Å²) >= 11 is 0. The van der Waals surface area contributed by atoms with Crippen LogP contribution in [0.2, 0.25) is 0 Å². The molecule has 1 fully saturated rings.